The molecule has 1 heterocycles. The molecular formula is C12H19BrN2O2. The largest absolute Gasteiger partial charge is 0.424 e. The molecule has 0 aliphatic heterocycles. The van der Waals surface area contributed by atoms with Crippen molar-refractivity contribution < 1.29 is 9.15 Å². The van der Waals surface area contributed by atoms with Crippen molar-refractivity contribution in [3.63, 3.8) is 0 Å². The number of nitrogens with zero attached hydrogens (tertiary/aromatic N) is 2. The highest BCUT2D eigenvalue weighted by Gasteiger charge is 2.31. The average molecular weight is 303 g/mol. The first-order valence-corrected chi connectivity index (χ1v) is 7.22. The zero-order valence-electron chi connectivity index (χ0n) is 10.4. The summed E-state index contributed by atoms with van der Waals surface area (Å²) in [7, 11) is 0. The van der Waals surface area contributed by atoms with Crippen LogP contribution in [0.25, 0.3) is 0 Å². The van der Waals surface area contributed by atoms with Gasteiger partial charge >= 0.3 is 0 Å². The van der Waals surface area contributed by atoms with Crippen molar-refractivity contribution in [1.82, 2.24) is 10.2 Å². The van der Waals surface area contributed by atoms with Crippen LogP contribution in [0.15, 0.2) is 4.42 Å². The molecule has 1 saturated carbocycles. The van der Waals surface area contributed by atoms with Crippen LogP contribution in [0, 0.1) is 5.92 Å². The number of alkyl halides is 1. The van der Waals surface area contributed by atoms with E-state index in [4.69, 9.17) is 9.15 Å². The fourth-order valence-electron chi connectivity index (χ4n) is 2.11. The van der Waals surface area contributed by atoms with Crippen molar-refractivity contribution >= 4 is 15.9 Å². The van der Waals surface area contributed by atoms with Crippen LogP contribution in [-0.4, -0.2) is 22.9 Å². The second-order valence-electron chi connectivity index (χ2n) is 4.53. The Labute approximate surface area is 110 Å². The summed E-state index contributed by atoms with van der Waals surface area (Å²) in [6.07, 6.45) is 4.54. The van der Waals surface area contributed by atoms with E-state index in [2.05, 4.69) is 33.1 Å². The van der Waals surface area contributed by atoms with E-state index in [-0.39, 0.29) is 4.83 Å². The van der Waals surface area contributed by atoms with Crippen molar-refractivity contribution in [1.29, 1.82) is 0 Å². The Morgan fingerprint density at radius 1 is 1.41 bits per heavy atom. The molecule has 1 unspecified atom stereocenters. The Morgan fingerprint density at radius 3 is 2.82 bits per heavy atom. The van der Waals surface area contributed by atoms with Gasteiger partial charge in [0, 0.05) is 13.0 Å². The van der Waals surface area contributed by atoms with E-state index in [1.54, 1.807) is 0 Å². The summed E-state index contributed by atoms with van der Waals surface area (Å²) < 4.78 is 11.2. The summed E-state index contributed by atoms with van der Waals surface area (Å²) in [4.78, 5) is 0.182. The quantitative estimate of drug-likeness (QED) is 0.757. The normalized spacial score (nSPS) is 25.6. The molecule has 0 aromatic carbocycles. The lowest BCUT2D eigenvalue weighted by Gasteiger charge is -2.34. The predicted molar refractivity (Wildman–Crippen MR) is 68.1 cm³/mol. The van der Waals surface area contributed by atoms with E-state index in [9.17, 15) is 0 Å². The molecule has 17 heavy (non-hydrogen) atoms. The van der Waals surface area contributed by atoms with Crippen LogP contribution in [-0.2, 0) is 11.2 Å². The molecule has 0 amide bonds. The first kappa shape index (κ1) is 13.0. The first-order valence-electron chi connectivity index (χ1n) is 6.30. The summed E-state index contributed by atoms with van der Waals surface area (Å²) >= 11 is 3.51. The summed E-state index contributed by atoms with van der Waals surface area (Å²) in [5.74, 6) is 2.11. The van der Waals surface area contributed by atoms with E-state index in [1.165, 1.54) is 0 Å². The Bertz CT molecular complexity index is 350. The van der Waals surface area contributed by atoms with Gasteiger partial charge in [-0.15, -0.1) is 10.2 Å². The van der Waals surface area contributed by atoms with Gasteiger partial charge in [-0.3, -0.25) is 0 Å². The van der Waals surface area contributed by atoms with Crippen LogP contribution in [0.3, 0.4) is 0 Å². The van der Waals surface area contributed by atoms with Gasteiger partial charge in [-0.2, -0.15) is 0 Å². The minimum Gasteiger partial charge on any atom is -0.424 e. The molecule has 4 nitrogen and oxygen atoms in total. The summed E-state index contributed by atoms with van der Waals surface area (Å²) in [6.45, 7) is 4.93. The van der Waals surface area contributed by atoms with Crippen LogP contribution in [0.4, 0.5) is 0 Å². The maximum atomic E-state index is 5.63. The van der Waals surface area contributed by atoms with Gasteiger partial charge in [0.15, 0.2) is 0 Å². The molecule has 5 heteroatoms. The van der Waals surface area contributed by atoms with Gasteiger partial charge in [0.05, 0.1) is 10.9 Å². The second-order valence-corrected chi connectivity index (χ2v) is 5.63. The summed E-state index contributed by atoms with van der Waals surface area (Å²) in [5, 5.41) is 8.15. The van der Waals surface area contributed by atoms with E-state index in [0.717, 1.165) is 38.2 Å². The van der Waals surface area contributed by atoms with Crippen LogP contribution < -0.4 is 0 Å². The Morgan fingerprint density at radius 2 is 2.18 bits per heavy atom. The van der Waals surface area contributed by atoms with Gasteiger partial charge in [0.1, 0.15) is 0 Å². The standard InChI is InChI=1S/C12H19BrN2O2/c1-3-10(13)12-15-14-11(17-12)7-8-5-9(6-8)16-4-2/h8-10H,3-7H2,1-2H3. The lowest BCUT2D eigenvalue weighted by atomic mass is 9.80. The molecule has 0 saturated heterocycles. The smallest absolute Gasteiger partial charge is 0.230 e. The number of hydrogen-bond acceptors (Lipinski definition) is 4. The fourth-order valence-corrected chi connectivity index (χ4v) is 2.30. The molecule has 96 valence electrons. The Kier molecular flexibility index (Phi) is 4.56. The molecule has 2 rings (SSSR count). The molecule has 1 atom stereocenters. The van der Waals surface area contributed by atoms with E-state index < -0.39 is 0 Å². The molecule has 1 aliphatic rings. The third-order valence-corrected chi connectivity index (χ3v) is 4.21. The van der Waals surface area contributed by atoms with Gasteiger partial charge < -0.3 is 9.15 Å². The SMILES string of the molecule is CCOC1CC(Cc2nnc(C(Br)CC)o2)C1. The monoisotopic (exact) mass is 302 g/mol. The zero-order valence-corrected chi connectivity index (χ0v) is 11.9. The molecule has 0 bridgehead atoms. The second kappa shape index (κ2) is 5.96. The number of ether oxygens (including phenoxy) is 1. The van der Waals surface area contributed by atoms with Crippen molar-refractivity contribution in [3.8, 4) is 0 Å². The van der Waals surface area contributed by atoms with Crippen molar-refractivity contribution in [3.05, 3.63) is 11.8 Å². The van der Waals surface area contributed by atoms with Gasteiger partial charge in [-0.25, -0.2) is 0 Å². The van der Waals surface area contributed by atoms with Crippen molar-refractivity contribution in [2.24, 2.45) is 5.92 Å². The number of aromatic nitrogens is 2. The van der Waals surface area contributed by atoms with E-state index >= 15 is 0 Å². The number of hydrogen-bond donors (Lipinski definition) is 0. The van der Waals surface area contributed by atoms with Crippen molar-refractivity contribution in [2.75, 3.05) is 6.61 Å². The van der Waals surface area contributed by atoms with Crippen LogP contribution in [0.5, 0.6) is 0 Å². The van der Waals surface area contributed by atoms with Crippen LogP contribution in [0.2, 0.25) is 0 Å². The zero-order chi connectivity index (χ0) is 12.3. The highest BCUT2D eigenvalue weighted by molar-refractivity contribution is 9.09. The number of rotatable bonds is 6. The number of halogens is 1. The molecule has 1 fully saturated rings. The average Bonchev–Trinajstić information content (AvgIpc) is 2.74. The van der Waals surface area contributed by atoms with Crippen LogP contribution in [0.1, 0.15) is 49.7 Å². The lowest BCUT2D eigenvalue weighted by molar-refractivity contribution is -0.0255. The molecule has 0 N–H and O–H groups in total. The Balaban J connectivity index is 1.79. The third-order valence-electron chi connectivity index (χ3n) is 3.17. The fraction of sp³-hybridized carbons (Fsp3) is 0.833. The lowest BCUT2D eigenvalue weighted by Crippen LogP contribution is -2.32. The van der Waals surface area contributed by atoms with Gasteiger partial charge in [0.25, 0.3) is 0 Å². The summed E-state index contributed by atoms with van der Waals surface area (Å²) in [5.41, 5.74) is 0. The predicted octanol–water partition coefficient (Wildman–Crippen LogP) is 3.27. The maximum Gasteiger partial charge on any atom is 0.230 e. The van der Waals surface area contributed by atoms with E-state index in [1.807, 2.05) is 6.92 Å². The van der Waals surface area contributed by atoms with Gasteiger partial charge in [0.2, 0.25) is 11.8 Å². The van der Waals surface area contributed by atoms with Gasteiger partial charge in [-0.1, -0.05) is 22.9 Å². The highest BCUT2D eigenvalue weighted by Crippen LogP contribution is 2.33. The Hall–Kier alpha value is -0.420. The van der Waals surface area contributed by atoms with E-state index in [0.29, 0.717) is 17.9 Å². The first-order chi connectivity index (χ1) is 8.22. The highest BCUT2D eigenvalue weighted by atomic mass is 79.9. The molecule has 1 aliphatic carbocycles. The molecule has 1 aromatic heterocycles. The van der Waals surface area contributed by atoms with Crippen molar-refractivity contribution in [2.45, 2.75) is 50.5 Å². The molecular weight excluding hydrogens is 284 g/mol. The topological polar surface area (TPSA) is 48.2 Å². The summed E-state index contributed by atoms with van der Waals surface area (Å²) in [6, 6.07) is 0. The molecule has 1 aromatic rings. The minimum atomic E-state index is 0.182. The third kappa shape index (κ3) is 3.28. The molecule has 0 radical (unpaired) electrons. The minimum absolute atomic E-state index is 0.182. The maximum absolute atomic E-state index is 5.63. The molecule has 0 spiro atoms. The van der Waals surface area contributed by atoms with Crippen LogP contribution >= 0.6 is 15.9 Å². The van der Waals surface area contributed by atoms with Gasteiger partial charge in [-0.05, 0) is 32.1 Å².